The van der Waals surface area contributed by atoms with E-state index >= 15 is 0 Å². The van der Waals surface area contributed by atoms with Gasteiger partial charge in [0.15, 0.2) is 0 Å². The highest BCUT2D eigenvalue weighted by Gasteiger charge is 2.21. The van der Waals surface area contributed by atoms with Gasteiger partial charge in [-0.1, -0.05) is 30.9 Å². The normalized spacial score (nSPS) is 18.1. The molecule has 100 valence electrons. The van der Waals surface area contributed by atoms with Gasteiger partial charge in [-0.05, 0) is 25.3 Å². The van der Waals surface area contributed by atoms with Crippen LogP contribution in [0.4, 0.5) is 4.79 Å². The lowest BCUT2D eigenvalue weighted by Crippen LogP contribution is -2.43. The Balaban J connectivity index is 2.38. The van der Waals surface area contributed by atoms with Gasteiger partial charge in [-0.15, -0.1) is 0 Å². The molecule has 1 heterocycles. The van der Waals surface area contributed by atoms with E-state index in [4.69, 9.17) is 10.5 Å². The molecule has 2 N–H and O–H groups in total. The van der Waals surface area contributed by atoms with Crippen LogP contribution in [0, 0.1) is 0 Å². The van der Waals surface area contributed by atoms with Crippen molar-refractivity contribution in [2.24, 2.45) is 5.73 Å². The zero-order valence-electron chi connectivity index (χ0n) is 11.0. The molecular weight excluding hydrogens is 228 g/mol. The van der Waals surface area contributed by atoms with E-state index in [1.54, 1.807) is 11.0 Å². The topological polar surface area (TPSA) is 55.6 Å². The van der Waals surface area contributed by atoms with Crippen molar-refractivity contribution in [3.8, 4) is 0 Å². The van der Waals surface area contributed by atoms with Gasteiger partial charge in [0.1, 0.15) is 6.61 Å². The Morgan fingerprint density at radius 2 is 2.17 bits per heavy atom. The van der Waals surface area contributed by atoms with Crippen LogP contribution in [0.25, 0.3) is 0 Å². The van der Waals surface area contributed by atoms with Gasteiger partial charge in [-0.2, -0.15) is 0 Å². The molecule has 1 amide bonds. The minimum absolute atomic E-state index is 0.215. The minimum Gasteiger partial charge on any atom is -0.445 e. The summed E-state index contributed by atoms with van der Waals surface area (Å²) in [6.45, 7) is 7.25. The van der Waals surface area contributed by atoms with E-state index in [1.807, 2.05) is 25.2 Å². The predicted octanol–water partition coefficient (Wildman–Crippen LogP) is 2.23. The number of rotatable bonds is 4. The first-order valence-corrected chi connectivity index (χ1v) is 6.29. The molecule has 18 heavy (non-hydrogen) atoms. The van der Waals surface area contributed by atoms with Gasteiger partial charge in [0.05, 0.1) is 0 Å². The minimum atomic E-state index is -0.268. The highest BCUT2D eigenvalue weighted by atomic mass is 16.6. The van der Waals surface area contributed by atoms with Crippen molar-refractivity contribution < 1.29 is 9.53 Å². The van der Waals surface area contributed by atoms with Crippen molar-refractivity contribution in [1.82, 2.24) is 4.90 Å². The second-order valence-electron chi connectivity index (χ2n) is 4.35. The van der Waals surface area contributed by atoms with Crippen molar-refractivity contribution in [3.05, 3.63) is 36.5 Å². The van der Waals surface area contributed by atoms with Gasteiger partial charge in [0, 0.05) is 19.1 Å². The second-order valence-corrected chi connectivity index (χ2v) is 4.35. The molecule has 1 saturated heterocycles. The van der Waals surface area contributed by atoms with Crippen LogP contribution in [0.2, 0.25) is 0 Å². The number of allylic oxidation sites excluding steroid dienone is 3. The maximum atomic E-state index is 11.8. The van der Waals surface area contributed by atoms with Gasteiger partial charge in [0.2, 0.25) is 0 Å². The van der Waals surface area contributed by atoms with Crippen molar-refractivity contribution in [3.63, 3.8) is 0 Å². The van der Waals surface area contributed by atoms with Gasteiger partial charge in [-0.25, -0.2) is 4.79 Å². The Morgan fingerprint density at radius 3 is 2.72 bits per heavy atom. The lowest BCUT2D eigenvalue weighted by Gasteiger charge is -2.29. The summed E-state index contributed by atoms with van der Waals surface area (Å²) in [6.07, 6.45) is 8.80. The van der Waals surface area contributed by atoms with Crippen molar-refractivity contribution in [1.29, 1.82) is 0 Å². The van der Waals surface area contributed by atoms with Crippen LogP contribution in [0.3, 0.4) is 0 Å². The number of carbonyl (C=O) groups is 1. The van der Waals surface area contributed by atoms with E-state index < -0.39 is 0 Å². The van der Waals surface area contributed by atoms with E-state index in [-0.39, 0.29) is 18.7 Å². The number of ether oxygens (including phenoxy) is 1. The maximum Gasteiger partial charge on any atom is 0.410 e. The molecule has 0 spiro atoms. The summed E-state index contributed by atoms with van der Waals surface area (Å²) in [5.41, 5.74) is 6.67. The van der Waals surface area contributed by atoms with E-state index in [9.17, 15) is 4.79 Å². The standard InChI is InChI=1S/C14H22N2O2/c1-3-5-6-12(4-2)11-18-14(17)16-9-7-13(15)8-10-16/h3-6,13H,2,7-11,15H2,1H3/b5-3-,12-6+. The zero-order valence-corrected chi connectivity index (χ0v) is 11.0. The van der Waals surface area contributed by atoms with Crippen LogP contribution in [0.15, 0.2) is 36.5 Å². The monoisotopic (exact) mass is 250 g/mol. The molecule has 0 radical (unpaired) electrons. The summed E-state index contributed by atoms with van der Waals surface area (Å²) >= 11 is 0. The Kier molecular flexibility index (Phi) is 6.22. The van der Waals surface area contributed by atoms with Crippen LogP contribution in [0.1, 0.15) is 19.8 Å². The van der Waals surface area contributed by atoms with Gasteiger partial charge in [-0.3, -0.25) is 0 Å². The second kappa shape index (κ2) is 7.71. The van der Waals surface area contributed by atoms with Gasteiger partial charge in [0.25, 0.3) is 0 Å². The number of piperidine rings is 1. The molecule has 0 aliphatic carbocycles. The Labute approximate surface area is 109 Å². The maximum absolute atomic E-state index is 11.8. The molecule has 1 aliphatic rings. The number of nitrogens with zero attached hydrogens (tertiary/aromatic N) is 1. The fourth-order valence-corrected chi connectivity index (χ4v) is 1.71. The Morgan fingerprint density at radius 1 is 1.50 bits per heavy atom. The van der Waals surface area contributed by atoms with Crippen LogP contribution in [-0.4, -0.2) is 36.7 Å². The van der Waals surface area contributed by atoms with Crippen LogP contribution < -0.4 is 5.73 Å². The molecule has 1 rings (SSSR count). The molecule has 1 aliphatic heterocycles. The quantitative estimate of drug-likeness (QED) is 0.778. The predicted molar refractivity (Wildman–Crippen MR) is 73.2 cm³/mol. The molecule has 0 aromatic carbocycles. The highest BCUT2D eigenvalue weighted by Crippen LogP contribution is 2.10. The first kappa shape index (κ1) is 14.5. The smallest absolute Gasteiger partial charge is 0.410 e. The number of carbonyl (C=O) groups excluding carboxylic acids is 1. The van der Waals surface area contributed by atoms with Crippen molar-refractivity contribution in [2.75, 3.05) is 19.7 Å². The summed E-state index contributed by atoms with van der Waals surface area (Å²) in [6, 6.07) is 0.215. The first-order valence-electron chi connectivity index (χ1n) is 6.29. The van der Waals surface area contributed by atoms with Crippen molar-refractivity contribution >= 4 is 6.09 Å². The molecule has 0 aromatic rings. The summed E-state index contributed by atoms with van der Waals surface area (Å²) in [5.74, 6) is 0. The lowest BCUT2D eigenvalue weighted by molar-refractivity contribution is 0.101. The molecule has 0 atom stereocenters. The SMILES string of the molecule is C=C/C(=C\C=C/C)COC(=O)N1CCC(N)CC1. The van der Waals surface area contributed by atoms with Crippen LogP contribution in [0.5, 0.6) is 0 Å². The number of amides is 1. The number of likely N-dealkylation sites (tertiary alicyclic amines) is 1. The molecule has 0 bridgehead atoms. The molecule has 4 nitrogen and oxygen atoms in total. The molecule has 0 saturated carbocycles. The molecular formula is C14H22N2O2. The Hall–Kier alpha value is -1.55. The largest absolute Gasteiger partial charge is 0.445 e. The van der Waals surface area contributed by atoms with Crippen LogP contribution >= 0.6 is 0 Å². The third-order valence-electron chi connectivity index (χ3n) is 2.93. The number of hydrogen-bond acceptors (Lipinski definition) is 3. The first-order chi connectivity index (χ1) is 8.67. The average Bonchev–Trinajstić information content (AvgIpc) is 2.39. The summed E-state index contributed by atoms with van der Waals surface area (Å²) in [4.78, 5) is 13.5. The fourth-order valence-electron chi connectivity index (χ4n) is 1.71. The summed E-state index contributed by atoms with van der Waals surface area (Å²) in [7, 11) is 0. The fraction of sp³-hybridized carbons (Fsp3) is 0.500. The third kappa shape index (κ3) is 4.75. The van der Waals surface area contributed by atoms with Crippen LogP contribution in [-0.2, 0) is 4.74 Å². The molecule has 0 aromatic heterocycles. The average molecular weight is 250 g/mol. The molecule has 0 unspecified atom stereocenters. The number of nitrogens with two attached hydrogens (primary N) is 1. The summed E-state index contributed by atoms with van der Waals surface area (Å²) < 4.78 is 5.24. The third-order valence-corrected chi connectivity index (χ3v) is 2.93. The summed E-state index contributed by atoms with van der Waals surface area (Å²) in [5, 5.41) is 0. The van der Waals surface area contributed by atoms with Gasteiger partial charge >= 0.3 is 6.09 Å². The van der Waals surface area contributed by atoms with E-state index in [2.05, 4.69) is 6.58 Å². The van der Waals surface area contributed by atoms with E-state index in [0.717, 1.165) is 18.4 Å². The van der Waals surface area contributed by atoms with Gasteiger partial charge < -0.3 is 15.4 Å². The van der Waals surface area contributed by atoms with E-state index in [0.29, 0.717) is 13.1 Å². The molecule has 4 heteroatoms. The highest BCUT2D eigenvalue weighted by molar-refractivity contribution is 5.68. The zero-order chi connectivity index (χ0) is 13.4. The van der Waals surface area contributed by atoms with Crippen molar-refractivity contribution in [2.45, 2.75) is 25.8 Å². The van der Waals surface area contributed by atoms with E-state index in [1.165, 1.54) is 0 Å². The lowest BCUT2D eigenvalue weighted by atomic mass is 10.1. The number of hydrogen-bond donors (Lipinski definition) is 1. The molecule has 1 fully saturated rings. The Bertz CT molecular complexity index is 340.